The zero-order valence-corrected chi connectivity index (χ0v) is 9.76. The number of nitrogens with one attached hydrogen (secondary N) is 1. The van der Waals surface area contributed by atoms with Crippen LogP contribution in [0.3, 0.4) is 0 Å². The third-order valence-corrected chi connectivity index (χ3v) is 4.00. The molecule has 1 atom stereocenters. The Hall–Kier alpha value is -0.520. The maximum atomic E-state index is 5.39. The van der Waals surface area contributed by atoms with E-state index >= 15 is 0 Å². The first-order valence-electron chi connectivity index (χ1n) is 6.18. The normalized spacial score (nSPS) is 27.7. The Kier molecular flexibility index (Phi) is 3.33. The molecule has 0 radical (unpaired) electrons. The fraction of sp³-hybridized carbons (Fsp3) is 0.846. The number of nitrogens with zero attached hydrogens (tertiary/aromatic N) is 1. The molecule has 1 heterocycles. The molecule has 0 amide bonds. The Labute approximate surface area is 93.4 Å². The van der Waals surface area contributed by atoms with Gasteiger partial charge in [0.25, 0.3) is 0 Å². The van der Waals surface area contributed by atoms with Crippen molar-refractivity contribution < 1.29 is 0 Å². The molecule has 0 bridgehead atoms. The van der Waals surface area contributed by atoms with Crippen molar-refractivity contribution in [3.63, 3.8) is 0 Å². The van der Waals surface area contributed by atoms with E-state index in [2.05, 4.69) is 23.1 Å². The molecule has 0 aromatic heterocycles. The first-order valence-corrected chi connectivity index (χ1v) is 6.18. The summed E-state index contributed by atoms with van der Waals surface area (Å²) < 4.78 is 0. The van der Waals surface area contributed by atoms with Gasteiger partial charge in [-0.15, -0.1) is 12.3 Å². The standard InChI is InChI=1S/C13H22N2/c1-3-6-12(2)15-10-9-14-13(11-15)7-4-5-8-13/h1,12,14H,4-11H2,2H3. The molecule has 1 aliphatic heterocycles. The van der Waals surface area contributed by atoms with Crippen LogP contribution in [0.1, 0.15) is 39.0 Å². The van der Waals surface area contributed by atoms with E-state index in [1.54, 1.807) is 0 Å². The molecule has 2 nitrogen and oxygen atoms in total. The first-order chi connectivity index (χ1) is 7.26. The topological polar surface area (TPSA) is 15.3 Å². The van der Waals surface area contributed by atoms with Crippen LogP contribution in [0.5, 0.6) is 0 Å². The maximum Gasteiger partial charge on any atom is 0.0309 e. The van der Waals surface area contributed by atoms with Crippen LogP contribution in [0.2, 0.25) is 0 Å². The molecular formula is C13H22N2. The molecule has 1 saturated heterocycles. The fourth-order valence-electron chi connectivity index (χ4n) is 3.05. The zero-order valence-electron chi connectivity index (χ0n) is 9.76. The molecular weight excluding hydrogens is 184 g/mol. The lowest BCUT2D eigenvalue weighted by Crippen LogP contribution is -2.60. The van der Waals surface area contributed by atoms with Gasteiger partial charge in [0.1, 0.15) is 0 Å². The molecule has 1 aliphatic carbocycles. The van der Waals surface area contributed by atoms with Crippen molar-refractivity contribution >= 4 is 0 Å². The van der Waals surface area contributed by atoms with Gasteiger partial charge >= 0.3 is 0 Å². The average molecular weight is 206 g/mol. The second kappa shape index (κ2) is 4.55. The first kappa shape index (κ1) is 11.0. The van der Waals surface area contributed by atoms with Crippen molar-refractivity contribution in [1.82, 2.24) is 10.2 Å². The van der Waals surface area contributed by atoms with E-state index in [4.69, 9.17) is 6.42 Å². The Bertz CT molecular complexity index is 248. The molecule has 1 unspecified atom stereocenters. The quantitative estimate of drug-likeness (QED) is 0.691. The van der Waals surface area contributed by atoms with Gasteiger partial charge in [0.05, 0.1) is 0 Å². The summed E-state index contributed by atoms with van der Waals surface area (Å²) in [5.41, 5.74) is 0.432. The molecule has 15 heavy (non-hydrogen) atoms. The van der Waals surface area contributed by atoms with Gasteiger partial charge < -0.3 is 5.32 Å². The number of hydrogen-bond acceptors (Lipinski definition) is 2. The Morgan fingerprint density at radius 1 is 1.47 bits per heavy atom. The van der Waals surface area contributed by atoms with E-state index in [1.807, 2.05) is 0 Å². The van der Waals surface area contributed by atoms with E-state index in [1.165, 1.54) is 32.2 Å². The van der Waals surface area contributed by atoms with Gasteiger partial charge in [-0.25, -0.2) is 0 Å². The highest BCUT2D eigenvalue weighted by Crippen LogP contribution is 2.32. The van der Waals surface area contributed by atoms with Crippen molar-refractivity contribution in [3.05, 3.63) is 0 Å². The van der Waals surface area contributed by atoms with Crippen LogP contribution < -0.4 is 5.32 Å². The second-order valence-electron chi connectivity index (χ2n) is 5.14. The fourth-order valence-corrected chi connectivity index (χ4v) is 3.05. The van der Waals surface area contributed by atoms with Crippen LogP contribution in [0.25, 0.3) is 0 Å². The van der Waals surface area contributed by atoms with Gasteiger partial charge in [-0.3, -0.25) is 4.90 Å². The number of piperazine rings is 1. The lowest BCUT2D eigenvalue weighted by atomic mass is 9.93. The Morgan fingerprint density at radius 2 is 2.20 bits per heavy atom. The van der Waals surface area contributed by atoms with Gasteiger partial charge in [0.2, 0.25) is 0 Å². The van der Waals surface area contributed by atoms with E-state index in [9.17, 15) is 0 Å². The van der Waals surface area contributed by atoms with Crippen molar-refractivity contribution in [2.75, 3.05) is 19.6 Å². The van der Waals surface area contributed by atoms with Gasteiger partial charge in [-0.1, -0.05) is 12.8 Å². The molecule has 2 heteroatoms. The lowest BCUT2D eigenvalue weighted by Gasteiger charge is -2.43. The number of terminal acetylenes is 1. The van der Waals surface area contributed by atoms with Crippen molar-refractivity contribution in [3.8, 4) is 12.3 Å². The third-order valence-electron chi connectivity index (χ3n) is 4.00. The highest BCUT2D eigenvalue weighted by Gasteiger charge is 2.38. The Morgan fingerprint density at radius 3 is 2.87 bits per heavy atom. The maximum absolute atomic E-state index is 5.39. The van der Waals surface area contributed by atoms with E-state index < -0.39 is 0 Å². The van der Waals surface area contributed by atoms with Crippen molar-refractivity contribution in [2.45, 2.75) is 50.6 Å². The van der Waals surface area contributed by atoms with E-state index in [-0.39, 0.29) is 0 Å². The van der Waals surface area contributed by atoms with E-state index in [0.717, 1.165) is 19.5 Å². The SMILES string of the molecule is C#CCC(C)N1CCNC2(CCCC2)C1. The molecule has 1 N–H and O–H groups in total. The summed E-state index contributed by atoms with van der Waals surface area (Å²) in [5, 5.41) is 3.73. The minimum Gasteiger partial charge on any atom is -0.309 e. The van der Waals surface area contributed by atoms with Gasteiger partial charge in [0, 0.05) is 37.6 Å². The minimum absolute atomic E-state index is 0.432. The highest BCUT2D eigenvalue weighted by atomic mass is 15.2. The zero-order chi connectivity index (χ0) is 10.7. The summed E-state index contributed by atoms with van der Waals surface area (Å²) in [5.74, 6) is 2.78. The van der Waals surface area contributed by atoms with Crippen LogP contribution >= 0.6 is 0 Å². The summed E-state index contributed by atoms with van der Waals surface area (Å²) in [6.07, 6.45) is 11.8. The van der Waals surface area contributed by atoms with E-state index in [0.29, 0.717) is 11.6 Å². The van der Waals surface area contributed by atoms with Crippen LogP contribution in [0, 0.1) is 12.3 Å². The summed E-state index contributed by atoms with van der Waals surface area (Å²) in [6, 6.07) is 0.551. The lowest BCUT2D eigenvalue weighted by molar-refractivity contribution is 0.102. The second-order valence-corrected chi connectivity index (χ2v) is 5.14. The highest BCUT2D eigenvalue weighted by molar-refractivity contribution is 5.00. The molecule has 0 aromatic carbocycles. The smallest absolute Gasteiger partial charge is 0.0309 e. The molecule has 1 spiro atoms. The largest absolute Gasteiger partial charge is 0.309 e. The van der Waals surface area contributed by atoms with Crippen molar-refractivity contribution in [2.24, 2.45) is 0 Å². The molecule has 0 aromatic rings. The van der Waals surface area contributed by atoms with Gasteiger partial charge in [-0.05, 0) is 19.8 Å². The summed E-state index contributed by atoms with van der Waals surface area (Å²) in [6.45, 7) is 5.75. The molecule has 84 valence electrons. The van der Waals surface area contributed by atoms with Gasteiger partial charge in [-0.2, -0.15) is 0 Å². The monoisotopic (exact) mass is 206 g/mol. The molecule has 2 fully saturated rings. The predicted octanol–water partition coefficient (Wildman–Crippen LogP) is 1.62. The molecule has 2 rings (SSSR count). The number of rotatable bonds is 2. The van der Waals surface area contributed by atoms with Crippen LogP contribution in [-0.2, 0) is 0 Å². The van der Waals surface area contributed by atoms with Crippen LogP contribution in [0.15, 0.2) is 0 Å². The predicted molar refractivity (Wildman–Crippen MR) is 63.7 cm³/mol. The summed E-state index contributed by atoms with van der Waals surface area (Å²) in [4.78, 5) is 2.57. The minimum atomic E-state index is 0.432. The van der Waals surface area contributed by atoms with Gasteiger partial charge in [0.15, 0.2) is 0 Å². The molecule has 1 saturated carbocycles. The van der Waals surface area contributed by atoms with Crippen molar-refractivity contribution in [1.29, 1.82) is 0 Å². The Balaban J connectivity index is 1.95. The van der Waals surface area contributed by atoms with Crippen LogP contribution in [0.4, 0.5) is 0 Å². The summed E-state index contributed by atoms with van der Waals surface area (Å²) >= 11 is 0. The molecule has 2 aliphatic rings. The summed E-state index contributed by atoms with van der Waals surface area (Å²) in [7, 11) is 0. The average Bonchev–Trinajstić information content (AvgIpc) is 2.67. The third kappa shape index (κ3) is 2.35. The van der Waals surface area contributed by atoms with Crippen LogP contribution in [-0.4, -0.2) is 36.1 Å². The number of hydrogen-bond donors (Lipinski definition) is 1.